The molecule has 0 spiro atoms. The third-order valence-electron chi connectivity index (χ3n) is 8.78. The second kappa shape index (κ2) is 27.9. The molecule has 0 radical (unpaired) electrons. The molecular formula is C48H85N7O15. The van der Waals surface area contributed by atoms with Crippen LogP contribution in [0.15, 0.2) is 0 Å². The Balaban J connectivity index is 7.20. The number of carbonyl (C=O) groups excluding carboxylic acids is 10. The highest BCUT2D eigenvalue weighted by Gasteiger charge is 2.36. The van der Waals surface area contributed by atoms with Gasteiger partial charge in [-0.05, 0) is 136 Å². The zero-order valence-electron chi connectivity index (χ0n) is 44.9. The topological polar surface area (TPSA) is 315 Å². The van der Waals surface area contributed by atoms with Crippen molar-refractivity contribution < 1.29 is 71.6 Å². The predicted octanol–water partition coefficient (Wildman–Crippen LogP) is 2.05. The molecule has 0 bridgehead atoms. The maximum absolute atomic E-state index is 14.4. The number of rotatable bonds is 25. The van der Waals surface area contributed by atoms with Gasteiger partial charge in [0.2, 0.25) is 35.4 Å². The number of hydrogen-bond donors (Lipinski definition) is 7. The lowest BCUT2D eigenvalue weighted by Gasteiger charge is -2.29. The van der Waals surface area contributed by atoms with Crippen molar-refractivity contribution in [2.24, 2.45) is 11.7 Å². The van der Waals surface area contributed by atoms with E-state index in [1.165, 1.54) is 6.92 Å². The molecule has 0 rings (SSSR count). The SMILES string of the molecule is CC(C)C[C@H](NC(=O)[C@H](COC(C)(C)C)NC(=O)[C@H](CCC(=O)OC(C)(C)C)NC(=O)[C@H](CCC(=O)OC(C)(C)C)NC(=O)[C@H](CC(=O)OC(C)(C)C)NC(=O)CN)C(=O)N[C@@H](C)C(=O)OC(C)(C)C. The average molecular weight is 1000 g/mol. The summed E-state index contributed by atoms with van der Waals surface area (Å²) >= 11 is 0. The number of carbonyl (C=O) groups is 10. The minimum Gasteiger partial charge on any atom is -0.460 e. The largest absolute Gasteiger partial charge is 0.460 e. The van der Waals surface area contributed by atoms with Crippen LogP contribution in [0, 0.1) is 5.92 Å². The van der Waals surface area contributed by atoms with Gasteiger partial charge < -0.3 is 61.3 Å². The summed E-state index contributed by atoms with van der Waals surface area (Å²) in [6, 6.07) is -8.72. The number of ether oxygens (including phenoxy) is 5. The normalized spacial score (nSPS) is 14.8. The zero-order chi connectivity index (χ0) is 54.7. The highest BCUT2D eigenvalue weighted by molar-refractivity contribution is 5.98. The lowest BCUT2D eigenvalue weighted by Crippen LogP contribution is -2.60. The maximum Gasteiger partial charge on any atom is 0.328 e. The van der Waals surface area contributed by atoms with Crippen LogP contribution in [0.2, 0.25) is 0 Å². The molecule has 0 aliphatic heterocycles. The van der Waals surface area contributed by atoms with E-state index in [2.05, 4.69) is 31.9 Å². The van der Waals surface area contributed by atoms with E-state index in [0.717, 1.165) is 0 Å². The summed E-state index contributed by atoms with van der Waals surface area (Å²) < 4.78 is 27.5. The molecule has 70 heavy (non-hydrogen) atoms. The molecule has 6 atom stereocenters. The molecule has 22 heteroatoms. The fourth-order valence-electron chi connectivity index (χ4n) is 5.93. The van der Waals surface area contributed by atoms with Crippen LogP contribution in [-0.2, 0) is 71.6 Å². The Hall–Kier alpha value is -5.38. The van der Waals surface area contributed by atoms with Crippen molar-refractivity contribution in [1.82, 2.24) is 31.9 Å². The van der Waals surface area contributed by atoms with Crippen molar-refractivity contribution in [1.29, 1.82) is 0 Å². The first kappa shape index (κ1) is 64.6. The molecule has 8 N–H and O–H groups in total. The summed E-state index contributed by atoms with van der Waals surface area (Å²) in [6.07, 6.45) is -2.28. The van der Waals surface area contributed by atoms with E-state index in [9.17, 15) is 47.9 Å². The van der Waals surface area contributed by atoms with Crippen molar-refractivity contribution >= 4 is 59.3 Å². The van der Waals surface area contributed by atoms with Crippen molar-refractivity contribution in [2.75, 3.05) is 13.2 Å². The third-order valence-corrected chi connectivity index (χ3v) is 8.78. The first-order valence-electron chi connectivity index (χ1n) is 23.6. The van der Waals surface area contributed by atoms with Crippen molar-refractivity contribution in [3.05, 3.63) is 0 Å². The first-order valence-corrected chi connectivity index (χ1v) is 23.6. The molecule has 0 aromatic heterocycles. The van der Waals surface area contributed by atoms with Crippen molar-refractivity contribution in [3.8, 4) is 0 Å². The predicted molar refractivity (Wildman–Crippen MR) is 258 cm³/mol. The molecule has 0 aliphatic rings. The molecule has 0 unspecified atom stereocenters. The van der Waals surface area contributed by atoms with Crippen LogP contribution >= 0.6 is 0 Å². The highest BCUT2D eigenvalue weighted by Crippen LogP contribution is 2.16. The standard InChI is InChI=1S/C48H85N7O15/c1-27(2)23-31(40(62)50-28(3)43(65)70-48(16,17)18)54-42(64)33(26-66-44(4,5)6)55-39(61)30(20-22-36(58)68-46(10,11)12)52-38(60)29(19-21-35(57)67-45(7,8)9)53-41(63)32(51-34(56)25-49)24-37(59)69-47(13,14)15/h27-33H,19-26,49H2,1-18H3,(H,50,62)(H,51,56)(H,52,60)(H,53,63)(H,54,64)(H,55,61)/t28-,29-,30-,31-,32-,33-/m0/s1. The Labute approximate surface area is 414 Å². The van der Waals surface area contributed by atoms with E-state index < -0.39 is 169 Å². The molecule has 0 saturated heterocycles. The van der Waals surface area contributed by atoms with E-state index in [-0.39, 0.29) is 12.3 Å². The summed E-state index contributed by atoms with van der Waals surface area (Å²) in [4.78, 5) is 134. The van der Waals surface area contributed by atoms with Crippen LogP contribution in [-0.4, -0.2) is 137 Å². The molecular weight excluding hydrogens is 915 g/mol. The smallest absolute Gasteiger partial charge is 0.328 e. The fraction of sp³-hybridized carbons (Fsp3) is 0.792. The molecule has 0 saturated carbocycles. The number of amides is 6. The Morgan fingerprint density at radius 1 is 0.429 bits per heavy atom. The van der Waals surface area contributed by atoms with Crippen molar-refractivity contribution in [2.45, 2.75) is 227 Å². The number of esters is 4. The molecule has 0 aliphatic carbocycles. The number of hydrogen-bond acceptors (Lipinski definition) is 16. The summed E-state index contributed by atoms with van der Waals surface area (Å²) in [6.45, 7) is 28.7. The van der Waals surface area contributed by atoms with E-state index in [1.807, 2.05) is 13.8 Å². The van der Waals surface area contributed by atoms with Crippen LogP contribution in [0.5, 0.6) is 0 Å². The van der Waals surface area contributed by atoms with Crippen LogP contribution in [0.3, 0.4) is 0 Å². The Morgan fingerprint density at radius 3 is 1.17 bits per heavy atom. The quantitative estimate of drug-likeness (QED) is 0.0509. The van der Waals surface area contributed by atoms with Crippen LogP contribution in [0.4, 0.5) is 0 Å². The number of nitrogens with two attached hydrogens (primary N) is 1. The average Bonchev–Trinajstić information content (AvgIpc) is 3.15. The van der Waals surface area contributed by atoms with Crippen molar-refractivity contribution in [3.63, 3.8) is 0 Å². The minimum absolute atomic E-state index is 0.110. The molecule has 0 aromatic carbocycles. The number of nitrogens with one attached hydrogen (secondary N) is 6. The highest BCUT2D eigenvalue weighted by atomic mass is 16.6. The molecule has 0 aromatic rings. The van der Waals surface area contributed by atoms with Gasteiger partial charge in [-0.3, -0.25) is 43.2 Å². The molecule has 0 fully saturated rings. The second-order valence-corrected chi connectivity index (χ2v) is 22.4. The molecule has 22 nitrogen and oxygen atoms in total. The lowest BCUT2D eigenvalue weighted by molar-refractivity contribution is -0.158. The lowest BCUT2D eigenvalue weighted by atomic mass is 10.0. The van der Waals surface area contributed by atoms with Gasteiger partial charge in [0.25, 0.3) is 0 Å². The van der Waals surface area contributed by atoms with Gasteiger partial charge in [-0.1, -0.05) is 13.8 Å². The third kappa shape index (κ3) is 30.3. The summed E-state index contributed by atoms with van der Waals surface area (Å²) in [5, 5.41) is 15.1. The first-order chi connectivity index (χ1) is 31.6. The Morgan fingerprint density at radius 2 is 0.786 bits per heavy atom. The van der Waals surface area contributed by atoms with E-state index in [1.54, 1.807) is 104 Å². The van der Waals surface area contributed by atoms with E-state index >= 15 is 0 Å². The van der Waals surface area contributed by atoms with E-state index in [0.29, 0.717) is 0 Å². The minimum atomic E-state index is -1.64. The molecule has 402 valence electrons. The van der Waals surface area contributed by atoms with Crippen LogP contribution in [0.25, 0.3) is 0 Å². The summed E-state index contributed by atoms with van der Waals surface area (Å²) in [7, 11) is 0. The Kier molecular flexibility index (Phi) is 25.7. The van der Waals surface area contributed by atoms with Crippen LogP contribution < -0.4 is 37.6 Å². The van der Waals surface area contributed by atoms with Gasteiger partial charge in [-0.25, -0.2) is 4.79 Å². The second-order valence-electron chi connectivity index (χ2n) is 22.4. The monoisotopic (exact) mass is 1000 g/mol. The summed E-state index contributed by atoms with van der Waals surface area (Å²) in [5.74, 6) is -8.74. The zero-order valence-corrected chi connectivity index (χ0v) is 44.9. The van der Waals surface area contributed by atoms with Gasteiger partial charge in [0.05, 0.1) is 25.2 Å². The Bertz CT molecular complexity index is 1820. The van der Waals surface area contributed by atoms with Gasteiger partial charge >= 0.3 is 23.9 Å². The van der Waals surface area contributed by atoms with Gasteiger partial charge in [0.15, 0.2) is 0 Å². The fourth-order valence-corrected chi connectivity index (χ4v) is 5.93. The maximum atomic E-state index is 14.4. The molecule has 6 amide bonds. The van der Waals surface area contributed by atoms with Gasteiger partial charge in [0.1, 0.15) is 58.7 Å². The van der Waals surface area contributed by atoms with Crippen LogP contribution in [0.1, 0.15) is 163 Å². The van der Waals surface area contributed by atoms with E-state index in [4.69, 9.17) is 29.4 Å². The molecule has 0 heterocycles. The summed E-state index contributed by atoms with van der Waals surface area (Å²) in [5.41, 5.74) is 0.969. The van der Waals surface area contributed by atoms with Gasteiger partial charge in [-0.15, -0.1) is 0 Å². The van der Waals surface area contributed by atoms with Gasteiger partial charge in [-0.2, -0.15) is 0 Å². The van der Waals surface area contributed by atoms with Gasteiger partial charge in [0, 0.05) is 12.8 Å².